The monoisotopic (exact) mass is 291 g/mol. The van der Waals surface area contributed by atoms with Gasteiger partial charge >= 0.3 is 0 Å². The number of nitrogen functional groups attached to an aromatic ring is 1. The van der Waals surface area contributed by atoms with Crippen molar-refractivity contribution in [2.45, 2.75) is 25.9 Å². The molecule has 0 bridgehead atoms. The van der Waals surface area contributed by atoms with Crippen molar-refractivity contribution in [1.82, 2.24) is 24.6 Å². The summed E-state index contributed by atoms with van der Waals surface area (Å²) >= 11 is 0. The maximum absolute atomic E-state index is 5.57. The van der Waals surface area contributed by atoms with Crippen LogP contribution in [0.1, 0.15) is 19.2 Å². The Hall–Kier alpha value is -1.77. The number of hydrogen-bond donors (Lipinski definition) is 2. The Morgan fingerprint density at radius 1 is 1.48 bits per heavy atom. The average molecular weight is 291 g/mol. The molecule has 0 spiro atoms. The Labute approximate surface area is 123 Å². The molecule has 8 nitrogen and oxygen atoms in total. The number of fused-ring (bicyclic) bond motifs is 1. The zero-order chi connectivity index (χ0) is 14.8. The summed E-state index contributed by atoms with van der Waals surface area (Å²) in [6.45, 7) is 5.29. The lowest BCUT2D eigenvalue weighted by molar-refractivity contribution is -0.0137. The summed E-state index contributed by atoms with van der Waals surface area (Å²) in [4.78, 5) is 11.5. The van der Waals surface area contributed by atoms with E-state index in [-0.39, 0.29) is 0 Å². The van der Waals surface area contributed by atoms with Gasteiger partial charge in [0.25, 0.3) is 0 Å². The van der Waals surface area contributed by atoms with Crippen LogP contribution < -0.4 is 11.3 Å². The summed E-state index contributed by atoms with van der Waals surface area (Å²) < 4.78 is 7.27. The molecular weight excluding hydrogens is 270 g/mol. The number of rotatable bonds is 4. The van der Waals surface area contributed by atoms with Crippen LogP contribution in [0.5, 0.6) is 0 Å². The lowest BCUT2D eigenvalue weighted by atomic mass is 10.2. The first-order valence-corrected chi connectivity index (χ1v) is 7.20. The highest BCUT2D eigenvalue weighted by atomic mass is 16.5. The van der Waals surface area contributed by atoms with Gasteiger partial charge in [-0.05, 0) is 6.42 Å². The molecule has 0 saturated carbocycles. The Balaban J connectivity index is 1.91. The SMILES string of the molecule is CCC1COCCN1Cc1nc(NN)c2cnn(C)c2n1. The molecule has 1 aliphatic rings. The smallest absolute Gasteiger partial charge is 0.163 e. The molecule has 3 N–H and O–H groups in total. The Bertz CT molecular complexity index is 626. The third-order valence-electron chi connectivity index (χ3n) is 3.94. The molecule has 2 aromatic rings. The molecule has 0 amide bonds. The number of hydrazine groups is 1. The van der Waals surface area contributed by atoms with Crippen LogP contribution >= 0.6 is 0 Å². The predicted molar refractivity (Wildman–Crippen MR) is 79.4 cm³/mol. The predicted octanol–water partition coefficient (Wildman–Crippen LogP) is 0.260. The first kappa shape index (κ1) is 14.2. The van der Waals surface area contributed by atoms with Crippen molar-refractivity contribution in [2.24, 2.45) is 12.9 Å². The number of anilines is 1. The summed E-state index contributed by atoms with van der Waals surface area (Å²) in [5.41, 5.74) is 3.42. The van der Waals surface area contributed by atoms with Gasteiger partial charge in [-0.3, -0.25) is 9.58 Å². The summed E-state index contributed by atoms with van der Waals surface area (Å²) in [7, 11) is 1.86. The molecule has 3 rings (SSSR count). The molecule has 1 fully saturated rings. The van der Waals surface area contributed by atoms with Crippen LogP contribution in [0.3, 0.4) is 0 Å². The number of morpholine rings is 1. The van der Waals surface area contributed by atoms with Crippen molar-refractivity contribution >= 4 is 16.9 Å². The van der Waals surface area contributed by atoms with E-state index < -0.39 is 0 Å². The van der Waals surface area contributed by atoms with Crippen LogP contribution in [0.2, 0.25) is 0 Å². The molecular formula is C13H21N7O. The van der Waals surface area contributed by atoms with Crippen molar-refractivity contribution in [1.29, 1.82) is 0 Å². The first-order chi connectivity index (χ1) is 10.2. The van der Waals surface area contributed by atoms with Crippen LogP contribution in [0, 0.1) is 0 Å². The molecule has 8 heteroatoms. The van der Waals surface area contributed by atoms with Gasteiger partial charge < -0.3 is 10.2 Å². The van der Waals surface area contributed by atoms with Crippen LogP contribution in [0.15, 0.2) is 6.20 Å². The van der Waals surface area contributed by atoms with E-state index in [1.165, 1.54) is 0 Å². The largest absolute Gasteiger partial charge is 0.378 e. The van der Waals surface area contributed by atoms with Crippen LogP contribution in [-0.4, -0.2) is 50.4 Å². The van der Waals surface area contributed by atoms with Gasteiger partial charge in [-0.2, -0.15) is 5.10 Å². The zero-order valence-electron chi connectivity index (χ0n) is 12.4. The Morgan fingerprint density at radius 2 is 2.33 bits per heavy atom. The number of nitrogens with two attached hydrogens (primary N) is 1. The standard InChI is InChI=1S/C13H21N7O/c1-3-9-8-21-5-4-20(9)7-11-16-12(18-14)10-6-15-19(2)13(10)17-11/h6,9H,3-5,7-8,14H2,1-2H3,(H,16,17,18). The lowest BCUT2D eigenvalue weighted by Crippen LogP contribution is -2.44. The summed E-state index contributed by atoms with van der Waals surface area (Å²) in [6, 6.07) is 0.416. The van der Waals surface area contributed by atoms with Gasteiger partial charge in [-0.1, -0.05) is 6.92 Å². The average Bonchev–Trinajstić information content (AvgIpc) is 2.89. The van der Waals surface area contributed by atoms with Crippen molar-refractivity contribution < 1.29 is 4.74 Å². The van der Waals surface area contributed by atoms with E-state index in [1.807, 2.05) is 7.05 Å². The number of hydrogen-bond acceptors (Lipinski definition) is 7. The Morgan fingerprint density at radius 3 is 3.10 bits per heavy atom. The maximum atomic E-state index is 5.57. The molecule has 1 aliphatic heterocycles. The van der Waals surface area contributed by atoms with Gasteiger partial charge in [0.15, 0.2) is 11.5 Å². The van der Waals surface area contributed by atoms with Crippen LogP contribution in [-0.2, 0) is 18.3 Å². The van der Waals surface area contributed by atoms with E-state index in [0.717, 1.165) is 43.0 Å². The fourth-order valence-electron chi connectivity index (χ4n) is 2.70. The van der Waals surface area contributed by atoms with Crippen molar-refractivity contribution in [3.05, 3.63) is 12.0 Å². The number of aryl methyl sites for hydroxylation is 1. The van der Waals surface area contributed by atoms with Gasteiger partial charge in [-0.25, -0.2) is 15.8 Å². The minimum absolute atomic E-state index is 0.416. The highest BCUT2D eigenvalue weighted by Gasteiger charge is 2.23. The van der Waals surface area contributed by atoms with Gasteiger partial charge in [-0.15, -0.1) is 0 Å². The van der Waals surface area contributed by atoms with Gasteiger partial charge in [0.1, 0.15) is 5.82 Å². The highest BCUT2D eigenvalue weighted by molar-refractivity contribution is 5.86. The summed E-state index contributed by atoms with van der Waals surface area (Å²) in [5.74, 6) is 6.93. The molecule has 1 saturated heterocycles. The number of nitrogens with one attached hydrogen (secondary N) is 1. The zero-order valence-corrected chi connectivity index (χ0v) is 12.4. The van der Waals surface area contributed by atoms with E-state index in [0.29, 0.717) is 18.4 Å². The van der Waals surface area contributed by atoms with E-state index in [2.05, 4.69) is 32.3 Å². The van der Waals surface area contributed by atoms with Gasteiger partial charge in [0.05, 0.1) is 31.3 Å². The van der Waals surface area contributed by atoms with Crippen molar-refractivity contribution in [3.8, 4) is 0 Å². The first-order valence-electron chi connectivity index (χ1n) is 7.20. The minimum atomic E-state index is 0.416. The normalized spacial score (nSPS) is 20.0. The molecule has 2 aromatic heterocycles. The molecule has 3 heterocycles. The highest BCUT2D eigenvalue weighted by Crippen LogP contribution is 2.20. The molecule has 1 unspecified atom stereocenters. The fraction of sp³-hybridized carbons (Fsp3) is 0.615. The van der Waals surface area contributed by atoms with E-state index in [9.17, 15) is 0 Å². The second-order valence-corrected chi connectivity index (χ2v) is 5.25. The van der Waals surface area contributed by atoms with Crippen molar-refractivity contribution in [3.63, 3.8) is 0 Å². The summed E-state index contributed by atoms with van der Waals surface area (Å²) in [5, 5.41) is 5.04. The fourth-order valence-corrected chi connectivity index (χ4v) is 2.70. The number of nitrogens with zero attached hydrogens (tertiary/aromatic N) is 5. The quantitative estimate of drug-likeness (QED) is 0.616. The molecule has 21 heavy (non-hydrogen) atoms. The van der Waals surface area contributed by atoms with Gasteiger partial charge in [0.2, 0.25) is 0 Å². The molecule has 0 aromatic carbocycles. The minimum Gasteiger partial charge on any atom is -0.378 e. The van der Waals surface area contributed by atoms with Crippen molar-refractivity contribution in [2.75, 3.05) is 25.2 Å². The van der Waals surface area contributed by atoms with E-state index >= 15 is 0 Å². The lowest BCUT2D eigenvalue weighted by Gasteiger charge is -2.34. The van der Waals surface area contributed by atoms with E-state index in [4.69, 9.17) is 10.6 Å². The molecule has 0 aliphatic carbocycles. The van der Waals surface area contributed by atoms with E-state index in [1.54, 1.807) is 10.9 Å². The summed E-state index contributed by atoms with van der Waals surface area (Å²) in [6.07, 6.45) is 2.77. The number of aromatic nitrogens is 4. The molecule has 1 atom stereocenters. The third-order valence-corrected chi connectivity index (χ3v) is 3.94. The van der Waals surface area contributed by atoms with Crippen LogP contribution in [0.25, 0.3) is 11.0 Å². The number of ether oxygens (including phenoxy) is 1. The topological polar surface area (TPSA) is 94.1 Å². The second kappa shape index (κ2) is 5.92. The maximum Gasteiger partial charge on any atom is 0.163 e. The third kappa shape index (κ3) is 2.69. The van der Waals surface area contributed by atoms with Crippen LogP contribution in [0.4, 0.5) is 5.82 Å². The van der Waals surface area contributed by atoms with Gasteiger partial charge in [0, 0.05) is 19.6 Å². The Kier molecular flexibility index (Phi) is 4.00. The molecule has 114 valence electrons. The second-order valence-electron chi connectivity index (χ2n) is 5.25. The molecule has 0 radical (unpaired) electrons.